The van der Waals surface area contributed by atoms with Crippen molar-refractivity contribution in [3.8, 4) is 17.1 Å². The van der Waals surface area contributed by atoms with E-state index < -0.39 is 0 Å². The molecule has 0 aliphatic heterocycles. The number of aryl methyl sites for hydroxylation is 1. The van der Waals surface area contributed by atoms with Gasteiger partial charge in [-0.1, -0.05) is 60.1 Å². The molecule has 0 fully saturated rings. The lowest BCUT2D eigenvalue weighted by atomic mass is 10.1. The zero-order valence-electron chi connectivity index (χ0n) is 18.0. The highest BCUT2D eigenvalue weighted by atomic mass is 35.5. The second kappa shape index (κ2) is 10.7. The van der Waals surface area contributed by atoms with Gasteiger partial charge < -0.3 is 5.32 Å². The van der Waals surface area contributed by atoms with Gasteiger partial charge in [0.2, 0.25) is 0 Å². The minimum Gasteiger partial charge on any atom is -0.351 e. The summed E-state index contributed by atoms with van der Waals surface area (Å²) in [6.45, 7) is 4.66. The van der Waals surface area contributed by atoms with Gasteiger partial charge in [0.15, 0.2) is 11.0 Å². The number of carbonyl (C=O) groups is 1. The smallest absolute Gasteiger partial charge is 0.270 e. The molecular formula is C23H21Cl2N5OS2. The third-order valence-corrected chi connectivity index (χ3v) is 7.34. The topological polar surface area (TPSA) is 72.7 Å². The molecule has 1 N–H and O–H groups in total. The van der Waals surface area contributed by atoms with Crippen LogP contribution in [0.5, 0.6) is 0 Å². The molecule has 0 atom stereocenters. The molecule has 10 heteroatoms. The Bertz CT molecular complexity index is 1290. The van der Waals surface area contributed by atoms with Crippen LogP contribution in [0.2, 0.25) is 10.0 Å². The SMILES string of the molecule is CCCNC(=O)c1csc(CSc2nnc(-c3ccccc3Cl)n2-c2cc(Cl)ccc2C)n1. The first kappa shape index (κ1) is 23.8. The van der Waals surface area contributed by atoms with Crippen LogP contribution >= 0.6 is 46.3 Å². The van der Waals surface area contributed by atoms with Crippen molar-refractivity contribution in [1.82, 2.24) is 25.1 Å². The van der Waals surface area contributed by atoms with E-state index in [1.54, 1.807) is 5.38 Å². The summed E-state index contributed by atoms with van der Waals surface area (Å²) in [5.41, 5.74) is 3.12. The van der Waals surface area contributed by atoms with Crippen LogP contribution in [-0.4, -0.2) is 32.2 Å². The fourth-order valence-electron chi connectivity index (χ4n) is 3.16. The Morgan fingerprint density at radius 2 is 2.00 bits per heavy atom. The Kier molecular flexibility index (Phi) is 7.70. The van der Waals surface area contributed by atoms with E-state index in [4.69, 9.17) is 23.2 Å². The summed E-state index contributed by atoms with van der Waals surface area (Å²) in [7, 11) is 0. The largest absolute Gasteiger partial charge is 0.351 e. The second-order valence-electron chi connectivity index (χ2n) is 7.22. The first-order chi connectivity index (χ1) is 16.0. The number of thioether (sulfide) groups is 1. The van der Waals surface area contributed by atoms with Gasteiger partial charge in [0.1, 0.15) is 10.7 Å². The number of hydrogen-bond acceptors (Lipinski definition) is 6. The molecule has 0 unspecified atom stereocenters. The molecule has 0 saturated carbocycles. The highest BCUT2D eigenvalue weighted by Gasteiger charge is 2.20. The van der Waals surface area contributed by atoms with Crippen LogP contribution in [0.4, 0.5) is 0 Å². The van der Waals surface area contributed by atoms with Crippen molar-refractivity contribution in [3.63, 3.8) is 0 Å². The molecule has 0 saturated heterocycles. The van der Waals surface area contributed by atoms with Crippen molar-refractivity contribution in [3.05, 3.63) is 74.2 Å². The number of amides is 1. The van der Waals surface area contributed by atoms with Crippen LogP contribution in [0.15, 0.2) is 53.0 Å². The maximum absolute atomic E-state index is 12.2. The molecule has 0 bridgehead atoms. The van der Waals surface area contributed by atoms with Crippen LogP contribution in [0, 0.1) is 6.92 Å². The number of carbonyl (C=O) groups excluding carboxylic acids is 1. The van der Waals surface area contributed by atoms with Gasteiger partial charge in [0.25, 0.3) is 5.91 Å². The number of benzene rings is 2. The zero-order valence-corrected chi connectivity index (χ0v) is 21.2. The molecule has 2 aromatic carbocycles. The van der Waals surface area contributed by atoms with E-state index in [0.717, 1.165) is 28.2 Å². The van der Waals surface area contributed by atoms with Crippen molar-refractivity contribution in [2.75, 3.05) is 6.54 Å². The number of nitrogens with zero attached hydrogens (tertiary/aromatic N) is 4. The van der Waals surface area contributed by atoms with Crippen molar-refractivity contribution in [2.24, 2.45) is 0 Å². The van der Waals surface area contributed by atoms with E-state index in [1.807, 2.05) is 60.9 Å². The van der Waals surface area contributed by atoms with Gasteiger partial charge >= 0.3 is 0 Å². The molecule has 1 amide bonds. The number of hydrogen-bond donors (Lipinski definition) is 1. The summed E-state index contributed by atoms with van der Waals surface area (Å²) in [6.07, 6.45) is 0.880. The van der Waals surface area contributed by atoms with E-state index in [1.165, 1.54) is 23.1 Å². The minimum absolute atomic E-state index is 0.150. The lowest BCUT2D eigenvalue weighted by molar-refractivity contribution is 0.0949. The summed E-state index contributed by atoms with van der Waals surface area (Å²) < 4.78 is 1.97. The van der Waals surface area contributed by atoms with E-state index in [0.29, 0.717) is 39.0 Å². The highest BCUT2D eigenvalue weighted by molar-refractivity contribution is 7.98. The number of nitrogens with one attached hydrogen (secondary N) is 1. The summed E-state index contributed by atoms with van der Waals surface area (Å²) >= 11 is 15.7. The molecule has 4 rings (SSSR count). The predicted molar refractivity (Wildman–Crippen MR) is 136 cm³/mol. The fourth-order valence-corrected chi connectivity index (χ4v) is 5.28. The first-order valence-corrected chi connectivity index (χ1v) is 12.9. The van der Waals surface area contributed by atoms with Crippen molar-refractivity contribution < 1.29 is 4.79 Å². The Morgan fingerprint density at radius 1 is 1.18 bits per heavy atom. The Balaban J connectivity index is 1.67. The molecule has 33 heavy (non-hydrogen) atoms. The van der Waals surface area contributed by atoms with E-state index in [2.05, 4.69) is 20.5 Å². The average molecular weight is 518 g/mol. The quantitative estimate of drug-likeness (QED) is 0.272. The van der Waals surface area contributed by atoms with Crippen molar-refractivity contribution in [1.29, 1.82) is 0 Å². The molecule has 0 aliphatic carbocycles. The lowest BCUT2D eigenvalue weighted by Crippen LogP contribution is -2.24. The molecule has 2 aromatic heterocycles. The molecule has 2 heterocycles. The third-order valence-electron chi connectivity index (χ3n) is 4.80. The summed E-state index contributed by atoms with van der Waals surface area (Å²) in [5, 5.41) is 16.3. The van der Waals surface area contributed by atoms with Crippen LogP contribution in [0.25, 0.3) is 17.1 Å². The van der Waals surface area contributed by atoms with Gasteiger partial charge in [-0.3, -0.25) is 9.36 Å². The molecule has 0 aliphatic rings. The van der Waals surface area contributed by atoms with Crippen LogP contribution in [0.1, 0.15) is 34.4 Å². The van der Waals surface area contributed by atoms with Crippen LogP contribution in [-0.2, 0) is 5.75 Å². The Labute approximate surface area is 210 Å². The van der Waals surface area contributed by atoms with Gasteiger partial charge in [-0.05, 0) is 43.2 Å². The van der Waals surface area contributed by atoms with Crippen molar-refractivity contribution in [2.45, 2.75) is 31.2 Å². The molecule has 4 aromatic rings. The fraction of sp³-hybridized carbons (Fsp3) is 0.217. The summed E-state index contributed by atoms with van der Waals surface area (Å²) in [5.74, 6) is 1.03. The molecule has 170 valence electrons. The maximum Gasteiger partial charge on any atom is 0.270 e. The van der Waals surface area contributed by atoms with Gasteiger partial charge in [-0.15, -0.1) is 21.5 Å². The first-order valence-electron chi connectivity index (χ1n) is 10.3. The van der Waals surface area contributed by atoms with E-state index in [9.17, 15) is 4.79 Å². The van der Waals surface area contributed by atoms with Crippen LogP contribution < -0.4 is 5.32 Å². The van der Waals surface area contributed by atoms with Crippen molar-refractivity contribution >= 4 is 52.2 Å². The zero-order chi connectivity index (χ0) is 23.4. The van der Waals surface area contributed by atoms with Gasteiger partial charge in [-0.25, -0.2) is 4.98 Å². The maximum atomic E-state index is 12.2. The van der Waals surface area contributed by atoms with E-state index in [-0.39, 0.29) is 5.91 Å². The third kappa shape index (κ3) is 5.41. The average Bonchev–Trinajstić information content (AvgIpc) is 3.45. The standard InChI is InChI=1S/C23H21Cl2N5OS2/c1-3-10-26-22(31)18-12-32-20(27-18)13-33-23-29-28-21(16-6-4-5-7-17(16)25)30(23)19-11-15(24)9-8-14(19)2/h4-9,11-12H,3,10,13H2,1-2H3,(H,26,31). The second-order valence-corrected chi connectivity index (χ2v) is 9.95. The lowest BCUT2D eigenvalue weighted by Gasteiger charge is -2.14. The number of rotatable bonds is 8. The molecule has 6 nitrogen and oxygen atoms in total. The molecule has 0 radical (unpaired) electrons. The summed E-state index contributed by atoms with van der Waals surface area (Å²) in [4.78, 5) is 16.6. The molecular weight excluding hydrogens is 497 g/mol. The Morgan fingerprint density at radius 3 is 2.79 bits per heavy atom. The predicted octanol–water partition coefficient (Wildman–Crippen LogP) is 6.44. The Hall–Kier alpha value is -2.39. The normalized spacial score (nSPS) is 11.0. The number of halogens is 2. The number of thiazole rings is 1. The van der Waals surface area contributed by atoms with Gasteiger partial charge in [0, 0.05) is 22.5 Å². The molecule has 0 spiro atoms. The van der Waals surface area contributed by atoms with E-state index >= 15 is 0 Å². The summed E-state index contributed by atoms with van der Waals surface area (Å²) in [6, 6.07) is 13.2. The highest BCUT2D eigenvalue weighted by Crippen LogP contribution is 2.35. The van der Waals surface area contributed by atoms with Gasteiger partial charge in [0.05, 0.1) is 16.5 Å². The monoisotopic (exact) mass is 517 g/mol. The van der Waals surface area contributed by atoms with Gasteiger partial charge in [-0.2, -0.15) is 0 Å². The minimum atomic E-state index is -0.150. The number of aromatic nitrogens is 4. The van der Waals surface area contributed by atoms with Crippen LogP contribution in [0.3, 0.4) is 0 Å².